The van der Waals surface area contributed by atoms with E-state index in [2.05, 4.69) is 10.3 Å². The van der Waals surface area contributed by atoms with Gasteiger partial charge < -0.3 is 20.2 Å². The Morgan fingerprint density at radius 1 is 1.55 bits per heavy atom. The minimum Gasteiger partial charge on any atom is -0.381 e. The van der Waals surface area contributed by atoms with Crippen LogP contribution < -0.4 is 11.1 Å². The number of hydrogen-bond donors (Lipinski definition) is 2. The second kappa shape index (κ2) is 6.46. The van der Waals surface area contributed by atoms with Gasteiger partial charge in [0, 0.05) is 25.6 Å². The number of pyridine rings is 1. The van der Waals surface area contributed by atoms with Crippen LogP contribution in [0.25, 0.3) is 5.65 Å². The van der Waals surface area contributed by atoms with E-state index in [9.17, 15) is 4.79 Å². The lowest BCUT2D eigenvalue weighted by Gasteiger charge is -2.26. The molecule has 3 rings (SSSR count). The standard InChI is InChI=1S/C16H22N4O2/c1-11-3-2-6-20-10-13(19-15(11)20)9-18-16(21)14(17)12-4-7-22-8-5-12/h2-3,6,10,12,14H,4-5,7-9,17H2,1H3,(H,18,21). The molecular formula is C16H22N4O2. The minimum absolute atomic E-state index is 0.110. The molecule has 0 bridgehead atoms. The molecule has 0 aliphatic carbocycles. The summed E-state index contributed by atoms with van der Waals surface area (Å²) in [6.07, 6.45) is 5.58. The van der Waals surface area contributed by atoms with Gasteiger partial charge in [0.05, 0.1) is 18.3 Å². The van der Waals surface area contributed by atoms with E-state index in [1.807, 2.05) is 35.9 Å². The van der Waals surface area contributed by atoms with Crippen LogP contribution in [0.5, 0.6) is 0 Å². The van der Waals surface area contributed by atoms with Crippen LogP contribution in [0.1, 0.15) is 24.1 Å². The van der Waals surface area contributed by atoms with Crippen molar-refractivity contribution in [3.05, 3.63) is 35.8 Å². The normalized spacial score (nSPS) is 17.5. The van der Waals surface area contributed by atoms with Crippen LogP contribution in [0.15, 0.2) is 24.5 Å². The van der Waals surface area contributed by atoms with Gasteiger partial charge in [-0.15, -0.1) is 0 Å². The van der Waals surface area contributed by atoms with Crippen LogP contribution in [0.4, 0.5) is 0 Å². The average Bonchev–Trinajstić information content (AvgIpc) is 2.97. The number of carbonyl (C=O) groups excluding carboxylic acids is 1. The first-order valence-corrected chi connectivity index (χ1v) is 7.69. The average molecular weight is 302 g/mol. The van der Waals surface area contributed by atoms with Gasteiger partial charge in [-0.25, -0.2) is 4.98 Å². The molecule has 6 nitrogen and oxygen atoms in total. The fourth-order valence-corrected chi connectivity index (χ4v) is 2.87. The zero-order chi connectivity index (χ0) is 15.5. The minimum atomic E-state index is -0.470. The molecule has 6 heteroatoms. The van der Waals surface area contributed by atoms with Gasteiger partial charge in [0.2, 0.25) is 5.91 Å². The summed E-state index contributed by atoms with van der Waals surface area (Å²) in [5, 5.41) is 2.90. The number of fused-ring (bicyclic) bond motifs is 1. The van der Waals surface area contributed by atoms with Crippen molar-refractivity contribution in [1.29, 1.82) is 0 Å². The van der Waals surface area contributed by atoms with Crippen molar-refractivity contribution in [2.75, 3.05) is 13.2 Å². The van der Waals surface area contributed by atoms with Crippen molar-refractivity contribution >= 4 is 11.6 Å². The molecule has 3 N–H and O–H groups in total. The summed E-state index contributed by atoms with van der Waals surface area (Å²) in [6.45, 7) is 3.80. The highest BCUT2D eigenvalue weighted by Crippen LogP contribution is 2.17. The summed E-state index contributed by atoms with van der Waals surface area (Å²) >= 11 is 0. The monoisotopic (exact) mass is 302 g/mol. The van der Waals surface area contributed by atoms with Crippen molar-refractivity contribution in [2.45, 2.75) is 32.4 Å². The SMILES string of the molecule is Cc1cccn2cc(CNC(=O)C(N)C3CCOCC3)nc12. The summed E-state index contributed by atoms with van der Waals surface area (Å²) in [4.78, 5) is 16.7. The first kappa shape index (κ1) is 15.0. The fourth-order valence-electron chi connectivity index (χ4n) is 2.87. The number of aromatic nitrogens is 2. The van der Waals surface area contributed by atoms with Crippen molar-refractivity contribution in [3.8, 4) is 0 Å². The molecule has 0 spiro atoms. The van der Waals surface area contributed by atoms with Gasteiger partial charge >= 0.3 is 0 Å². The Hall–Kier alpha value is -1.92. The summed E-state index contributed by atoms with van der Waals surface area (Å²) < 4.78 is 7.27. The van der Waals surface area contributed by atoms with Gasteiger partial charge in [-0.05, 0) is 37.3 Å². The number of aryl methyl sites for hydroxylation is 1. The van der Waals surface area contributed by atoms with E-state index in [-0.39, 0.29) is 11.8 Å². The van der Waals surface area contributed by atoms with E-state index in [4.69, 9.17) is 10.5 Å². The summed E-state index contributed by atoms with van der Waals surface area (Å²) in [5.41, 5.74) is 8.92. The van der Waals surface area contributed by atoms with Gasteiger partial charge in [0.1, 0.15) is 5.65 Å². The molecule has 118 valence electrons. The fraction of sp³-hybridized carbons (Fsp3) is 0.500. The zero-order valence-corrected chi connectivity index (χ0v) is 12.8. The maximum atomic E-state index is 12.2. The predicted molar refractivity (Wildman–Crippen MR) is 83.3 cm³/mol. The van der Waals surface area contributed by atoms with Gasteiger partial charge in [-0.1, -0.05) is 6.07 Å². The molecule has 2 aromatic rings. The van der Waals surface area contributed by atoms with E-state index >= 15 is 0 Å². The Labute approximate surface area is 129 Å². The Balaban J connectivity index is 1.60. The number of rotatable bonds is 4. The van der Waals surface area contributed by atoms with E-state index in [1.54, 1.807) is 0 Å². The molecule has 0 aromatic carbocycles. The van der Waals surface area contributed by atoms with Gasteiger partial charge in [0.25, 0.3) is 0 Å². The van der Waals surface area contributed by atoms with Crippen LogP contribution in [-0.2, 0) is 16.1 Å². The summed E-state index contributed by atoms with van der Waals surface area (Å²) in [7, 11) is 0. The molecule has 1 amide bonds. The summed E-state index contributed by atoms with van der Waals surface area (Å²) in [5.74, 6) is 0.0951. The number of nitrogens with zero attached hydrogens (tertiary/aromatic N) is 2. The maximum absolute atomic E-state index is 12.2. The molecule has 1 unspecified atom stereocenters. The molecular weight excluding hydrogens is 280 g/mol. The number of amides is 1. The van der Waals surface area contributed by atoms with Crippen molar-refractivity contribution in [1.82, 2.24) is 14.7 Å². The number of carbonyl (C=O) groups is 1. The Kier molecular flexibility index (Phi) is 4.40. The molecule has 22 heavy (non-hydrogen) atoms. The van der Waals surface area contributed by atoms with Crippen LogP contribution in [-0.4, -0.2) is 34.5 Å². The van der Waals surface area contributed by atoms with Crippen LogP contribution in [0.2, 0.25) is 0 Å². The molecule has 0 radical (unpaired) electrons. The van der Waals surface area contributed by atoms with E-state index in [0.29, 0.717) is 19.8 Å². The van der Waals surface area contributed by atoms with E-state index in [0.717, 1.165) is 29.7 Å². The van der Waals surface area contributed by atoms with Crippen LogP contribution in [0.3, 0.4) is 0 Å². The van der Waals surface area contributed by atoms with Gasteiger partial charge in [-0.3, -0.25) is 4.79 Å². The van der Waals surface area contributed by atoms with Crippen LogP contribution >= 0.6 is 0 Å². The van der Waals surface area contributed by atoms with Gasteiger partial charge in [0.15, 0.2) is 0 Å². The lowest BCUT2D eigenvalue weighted by molar-refractivity contribution is -0.124. The molecule has 3 heterocycles. The highest BCUT2D eigenvalue weighted by atomic mass is 16.5. The third-order valence-electron chi connectivity index (χ3n) is 4.25. The summed E-state index contributed by atoms with van der Waals surface area (Å²) in [6, 6.07) is 3.53. The van der Waals surface area contributed by atoms with Gasteiger partial charge in [-0.2, -0.15) is 0 Å². The topological polar surface area (TPSA) is 81.7 Å². The predicted octanol–water partition coefficient (Wildman–Crippen LogP) is 1.01. The maximum Gasteiger partial charge on any atom is 0.237 e. The second-order valence-electron chi connectivity index (χ2n) is 5.85. The molecule has 1 atom stereocenters. The first-order valence-electron chi connectivity index (χ1n) is 7.69. The third-order valence-corrected chi connectivity index (χ3v) is 4.25. The molecule has 0 saturated carbocycles. The Bertz CT molecular complexity index is 661. The number of ether oxygens (including phenoxy) is 1. The highest BCUT2D eigenvalue weighted by molar-refractivity contribution is 5.81. The highest BCUT2D eigenvalue weighted by Gasteiger charge is 2.26. The molecule has 1 aliphatic heterocycles. The molecule has 2 aromatic heterocycles. The smallest absolute Gasteiger partial charge is 0.237 e. The lowest BCUT2D eigenvalue weighted by Crippen LogP contribution is -2.46. The quantitative estimate of drug-likeness (QED) is 0.883. The second-order valence-corrected chi connectivity index (χ2v) is 5.85. The van der Waals surface area contributed by atoms with Crippen molar-refractivity contribution < 1.29 is 9.53 Å². The molecule has 1 fully saturated rings. The number of imidazole rings is 1. The number of nitrogens with two attached hydrogens (primary N) is 1. The van der Waals surface area contributed by atoms with E-state index < -0.39 is 6.04 Å². The van der Waals surface area contributed by atoms with Crippen LogP contribution in [0, 0.1) is 12.8 Å². The number of hydrogen-bond acceptors (Lipinski definition) is 4. The van der Waals surface area contributed by atoms with Crippen molar-refractivity contribution in [3.63, 3.8) is 0 Å². The third kappa shape index (κ3) is 3.13. The Morgan fingerprint density at radius 2 is 2.32 bits per heavy atom. The molecule has 1 aliphatic rings. The first-order chi connectivity index (χ1) is 10.6. The number of nitrogens with one attached hydrogen (secondary N) is 1. The Morgan fingerprint density at radius 3 is 3.05 bits per heavy atom. The lowest BCUT2D eigenvalue weighted by atomic mass is 9.92. The largest absolute Gasteiger partial charge is 0.381 e. The zero-order valence-electron chi connectivity index (χ0n) is 12.8. The van der Waals surface area contributed by atoms with Crippen molar-refractivity contribution in [2.24, 2.45) is 11.7 Å². The van der Waals surface area contributed by atoms with E-state index in [1.165, 1.54) is 0 Å². The molecule has 1 saturated heterocycles.